The van der Waals surface area contributed by atoms with Gasteiger partial charge in [0.05, 0.1) is 15.5 Å². The highest BCUT2D eigenvalue weighted by molar-refractivity contribution is 7.90. The minimum absolute atomic E-state index is 0.0920. The van der Waals surface area contributed by atoms with E-state index in [9.17, 15) is 13.2 Å². The number of nitrogens with two attached hydrogens (primary N) is 1. The summed E-state index contributed by atoms with van der Waals surface area (Å²) in [6.45, 7) is 0.231. The van der Waals surface area contributed by atoms with Gasteiger partial charge < -0.3 is 11.1 Å². The van der Waals surface area contributed by atoms with Crippen molar-refractivity contribution in [1.29, 1.82) is 0 Å². The highest BCUT2D eigenvalue weighted by atomic mass is 35.5. The number of sulfone groups is 1. The number of pyridine rings is 1. The fourth-order valence-electron chi connectivity index (χ4n) is 1.76. The molecule has 6 nitrogen and oxygen atoms in total. The molecule has 3 N–H and O–H groups in total. The molecule has 1 aromatic carbocycles. The number of hydrogen-bond acceptors (Lipinski definition) is 5. The minimum atomic E-state index is -3.23. The van der Waals surface area contributed by atoms with Gasteiger partial charge >= 0.3 is 0 Å². The average molecular weight is 340 g/mol. The number of amides is 1. The molecule has 0 saturated heterocycles. The fraction of sp³-hybridized carbons (Fsp3) is 0.143. The quantitative estimate of drug-likeness (QED) is 0.881. The molecular formula is C14H14ClN3O3S. The molecule has 0 bridgehead atoms. The molecule has 22 heavy (non-hydrogen) atoms. The number of benzene rings is 1. The average Bonchev–Trinajstić information content (AvgIpc) is 2.47. The van der Waals surface area contributed by atoms with Gasteiger partial charge in [0.25, 0.3) is 5.91 Å². The molecule has 0 spiro atoms. The second kappa shape index (κ2) is 6.33. The molecule has 0 aliphatic rings. The topological polar surface area (TPSA) is 102 Å². The number of aromatic nitrogens is 1. The zero-order chi connectivity index (χ0) is 16.3. The number of hydrogen-bond donors (Lipinski definition) is 2. The van der Waals surface area contributed by atoms with E-state index < -0.39 is 15.7 Å². The first-order valence-electron chi connectivity index (χ1n) is 6.25. The van der Waals surface area contributed by atoms with E-state index >= 15 is 0 Å². The highest BCUT2D eigenvalue weighted by Gasteiger charge is 2.11. The fourth-order valence-corrected chi connectivity index (χ4v) is 2.55. The van der Waals surface area contributed by atoms with Crippen LogP contribution in [0.2, 0.25) is 5.02 Å². The van der Waals surface area contributed by atoms with Gasteiger partial charge in [-0.15, -0.1) is 0 Å². The smallest absolute Gasteiger partial charge is 0.255 e. The van der Waals surface area contributed by atoms with E-state index in [0.717, 1.165) is 11.8 Å². The predicted molar refractivity (Wildman–Crippen MR) is 84.4 cm³/mol. The maximum Gasteiger partial charge on any atom is 0.255 e. The molecule has 0 atom stereocenters. The van der Waals surface area contributed by atoms with Gasteiger partial charge in [0.1, 0.15) is 5.82 Å². The largest absolute Gasteiger partial charge is 0.383 e. The lowest BCUT2D eigenvalue weighted by Crippen LogP contribution is -2.24. The van der Waals surface area contributed by atoms with Crippen molar-refractivity contribution >= 4 is 33.2 Å². The number of nitrogens with one attached hydrogen (secondary N) is 1. The van der Waals surface area contributed by atoms with Gasteiger partial charge in [0, 0.05) is 19.0 Å². The Morgan fingerprint density at radius 1 is 1.32 bits per heavy atom. The normalized spacial score (nSPS) is 11.2. The molecule has 8 heteroatoms. The summed E-state index contributed by atoms with van der Waals surface area (Å²) in [5, 5.41) is 2.99. The summed E-state index contributed by atoms with van der Waals surface area (Å²) < 4.78 is 22.7. The van der Waals surface area contributed by atoms with E-state index in [1.54, 1.807) is 12.1 Å². The predicted octanol–water partition coefficient (Wildman–Crippen LogP) is 1.65. The van der Waals surface area contributed by atoms with Crippen LogP contribution in [-0.2, 0) is 16.4 Å². The summed E-state index contributed by atoms with van der Waals surface area (Å²) in [6.07, 6.45) is 2.50. The SMILES string of the molecule is CS(=O)(=O)c1ccc(CNC(=O)c2cc(Cl)cnc2N)cc1. The van der Waals surface area contributed by atoms with Crippen LogP contribution in [0, 0.1) is 0 Å². The lowest BCUT2D eigenvalue weighted by Gasteiger charge is -2.08. The summed E-state index contributed by atoms with van der Waals surface area (Å²) in [7, 11) is -3.23. The van der Waals surface area contributed by atoms with Gasteiger partial charge in [0.2, 0.25) is 0 Å². The van der Waals surface area contributed by atoms with Crippen molar-refractivity contribution in [2.24, 2.45) is 0 Å². The van der Waals surface area contributed by atoms with Crippen molar-refractivity contribution in [3.63, 3.8) is 0 Å². The third-order valence-electron chi connectivity index (χ3n) is 2.93. The first-order chi connectivity index (χ1) is 10.3. The maximum atomic E-state index is 12.0. The number of nitrogens with zero attached hydrogens (tertiary/aromatic N) is 1. The summed E-state index contributed by atoms with van der Waals surface area (Å²) in [5.74, 6) is -0.311. The third-order valence-corrected chi connectivity index (χ3v) is 4.27. The van der Waals surface area contributed by atoms with Crippen LogP contribution in [0.5, 0.6) is 0 Å². The van der Waals surface area contributed by atoms with Crippen LogP contribution >= 0.6 is 11.6 Å². The Morgan fingerprint density at radius 2 is 1.95 bits per heavy atom. The van der Waals surface area contributed by atoms with Crippen LogP contribution in [-0.4, -0.2) is 25.6 Å². The van der Waals surface area contributed by atoms with E-state index in [4.69, 9.17) is 17.3 Å². The van der Waals surface area contributed by atoms with Crippen LogP contribution in [0.1, 0.15) is 15.9 Å². The molecule has 0 aliphatic carbocycles. The van der Waals surface area contributed by atoms with E-state index in [-0.39, 0.29) is 22.8 Å². The Bertz CT molecular complexity index is 805. The number of halogens is 1. The van der Waals surface area contributed by atoms with Crippen LogP contribution in [0.3, 0.4) is 0 Å². The molecule has 1 heterocycles. The van der Waals surface area contributed by atoms with Gasteiger partial charge in [-0.05, 0) is 23.8 Å². The number of carbonyl (C=O) groups is 1. The Kier molecular flexibility index (Phi) is 4.68. The molecular weight excluding hydrogens is 326 g/mol. The van der Waals surface area contributed by atoms with Crippen LogP contribution < -0.4 is 11.1 Å². The Labute approximate surface area is 133 Å². The van der Waals surface area contributed by atoms with E-state index in [1.807, 2.05) is 0 Å². The summed E-state index contributed by atoms with van der Waals surface area (Å²) in [5.41, 5.74) is 6.58. The van der Waals surface area contributed by atoms with E-state index in [2.05, 4.69) is 10.3 Å². The van der Waals surface area contributed by atoms with Crippen molar-refractivity contribution in [2.45, 2.75) is 11.4 Å². The Hall–Kier alpha value is -2.12. The van der Waals surface area contributed by atoms with Gasteiger partial charge in [-0.25, -0.2) is 13.4 Å². The number of anilines is 1. The molecule has 116 valence electrons. The zero-order valence-electron chi connectivity index (χ0n) is 11.7. The Morgan fingerprint density at radius 3 is 2.55 bits per heavy atom. The summed E-state index contributed by atoms with van der Waals surface area (Å²) in [6, 6.07) is 7.69. The van der Waals surface area contributed by atoms with Crippen molar-refractivity contribution in [3.8, 4) is 0 Å². The second-order valence-electron chi connectivity index (χ2n) is 4.69. The number of carbonyl (C=O) groups excluding carboxylic acids is 1. The molecule has 2 aromatic rings. The summed E-state index contributed by atoms with van der Waals surface area (Å²) in [4.78, 5) is 16.1. The molecule has 0 saturated carbocycles. The molecule has 0 aliphatic heterocycles. The number of rotatable bonds is 4. The van der Waals surface area contributed by atoms with Gasteiger partial charge in [-0.3, -0.25) is 4.79 Å². The lowest BCUT2D eigenvalue weighted by molar-refractivity contribution is 0.0951. The van der Waals surface area contributed by atoms with Crippen LogP contribution in [0.25, 0.3) is 0 Å². The van der Waals surface area contributed by atoms with Gasteiger partial charge in [-0.1, -0.05) is 23.7 Å². The van der Waals surface area contributed by atoms with Crippen molar-refractivity contribution in [2.75, 3.05) is 12.0 Å². The monoisotopic (exact) mass is 339 g/mol. The molecule has 2 rings (SSSR count). The molecule has 0 radical (unpaired) electrons. The number of nitrogen functional groups attached to an aromatic ring is 1. The molecule has 0 unspecified atom stereocenters. The first-order valence-corrected chi connectivity index (χ1v) is 8.52. The highest BCUT2D eigenvalue weighted by Crippen LogP contribution is 2.15. The summed E-state index contributed by atoms with van der Waals surface area (Å²) >= 11 is 5.78. The first kappa shape index (κ1) is 16.3. The van der Waals surface area contributed by atoms with E-state index in [0.29, 0.717) is 5.02 Å². The van der Waals surface area contributed by atoms with Crippen molar-refractivity contribution in [3.05, 3.63) is 52.7 Å². The standard InChI is InChI=1S/C14H14ClN3O3S/c1-22(20,21)11-4-2-9(3-5-11)7-18-14(19)12-6-10(15)8-17-13(12)16/h2-6,8H,7H2,1H3,(H2,16,17)(H,18,19). The lowest BCUT2D eigenvalue weighted by atomic mass is 10.2. The third kappa shape index (κ3) is 3.96. The second-order valence-corrected chi connectivity index (χ2v) is 7.14. The maximum absolute atomic E-state index is 12.0. The van der Waals surface area contributed by atoms with Crippen molar-refractivity contribution < 1.29 is 13.2 Å². The molecule has 1 aromatic heterocycles. The van der Waals surface area contributed by atoms with Crippen LogP contribution in [0.4, 0.5) is 5.82 Å². The minimum Gasteiger partial charge on any atom is -0.383 e. The zero-order valence-corrected chi connectivity index (χ0v) is 13.3. The molecule has 1 amide bonds. The Balaban J connectivity index is 2.07. The van der Waals surface area contributed by atoms with Crippen molar-refractivity contribution in [1.82, 2.24) is 10.3 Å². The molecule has 0 fully saturated rings. The van der Waals surface area contributed by atoms with Gasteiger partial charge in [0.15, 0.2) is 9.84 Å². The van der Waals surface area contributed by atoms with E-state index in [1.165, 1.54) is 24.4 Å². The van der Waals surface area contributed by atoms with Crippen LogP contribution in [0.15, 0.2) is 41.4 Å². The van der Waals surface area contributed by atoms with Gasteiger partial charge in [-0.2, -0.15) is 0 Å².